The number of aliphatic hydroxyl groups is 1. The van der Waals surface area contributed by atoms with Gasteiger partial charge in [0.05, 0.1) is 12.6 Å². The number of H-pyrrole nitrogens is 1. The van der Waals surface area contributed by atoms with Crippen LogP contribution in [0.3, 0.4) is 0 Å². The first-order valence-electron chi connectivity index (χ1n) is 10.2. The third-order valence-electron chi connectivity index (χ3n) is 5.16. The van der Waals surface area contributed by atoms with Crippen molar-refractivity contribution in [3.8, 4) is 0 Å². The Morgan fingerprint density at radius 1 is 0.906 bits per heavy atom. The summed E-state index contributed by atoms with van der Waals surface area (Å²) in [6, 6.07) is 13.1. The SMILES string of the molecule is NC(Cc1ccccc1)C(=O)NC(CO)C(=O)NC(Cc1c[nH]c2ccccc12)C(=O)O. The largest absolute Gasteiger partial charge is 0.480 e. The molecule has 0 saturated heterocycles. The molecule has 7 N–H and O–H groups in total. The number of carboxylic acid groups (broad SMARTS) is 1. The van der Waals surface area contributed by atoms with Crippen LogP contribution in [0.25, 0.3) is 10.9 Å². The number of amides is 2. The van der Waals surface area contributed by atoms with Gasteiger partial charge in [-0.15, -0.1) is 0 Å². The van der Waals surface area contributed by atoms with E-state index >= 15 is 0 Å². The fraction of sp³-hybridized carbons (Fsp3) is 0.261. The minimum absolute atomic E-state index is 0.0324. The number of nitrogens with one attached hydrogen (secondary N) is 3. The van der Waals surface area contributed by atoms with E-state index in [4.69, 9.17) is 5.73 Å². The van der Waals surface area contributed by atoms with Crippen molar-refractivity contribution >= 4 is 28.7 Å². The van der Waals surface area contributed by atoms with Crippen LogP contribution < -0.4 is 16.4 Å². The molecule has 9 nitrogen and oxygen atoms in total. The van der Waals surface area contributed by atoms with E-state index in [1.54, 1.807) is 6.20 Å². The minimum Gasteiger partial charge on any atom is -0.480 e. The van der Waals surface area contributed by atoms with Gasteiger partial charge >= 0.3 is 5.97 Å². The number of rotatable bonds is 10. The lowest BCUT2D eigenvalue weighted by molar-refractivity contribution is -0.142. The highest BCUT2D eigenvalue weighted by atomic mass is 16.4. The van der Waals surface area contributed by atoms with Gasteiger partial charge in [-0.2, -0.15) is 0 Å². The zero-order valence-electron chi connectivity index (χ0n) is 17.3. The molecule has 3 atom stereocenters. The molecule has 3 aromatic rings. The maximum Gasteiger partial charge on any atom is 0.326 e. The zero-order valence-corrected chi connectivity index (χ0v) is 17.3. The van der Waals surface area contributed by atoms with Gasteiger partial charge in [0.15, 0.2) is 0 Å². The molecule has 168 valence electrons. The Morgan fingerprint density at radius 3 is 2.25 bits per heavy atom. The maximum absolute atomic E-state index is 12.6. The van der Waals surface area contributed by atoms with Crippen molar-refractivity contribution in [2.75, 3.05) is 6.61 Å². The fourth-order valence-corrected chi connectivity index (χ4v) is 3.43. The number of carbonyl (C=O) groups excluding carboxylic acids is 2. The van der Waals surface area contributed by atoms with Gasteiger partial charge < -0.3 is 31.6 Å². The van der Waals surface area contributed by atoms with Crippen molar-refractivity contribution in [3.05, 3.63) is 71.9 Å². The first kappa shape index (κ1) is 23.0. The number of nitrogens with two attached hydrogens (primary N) is 1. The van der Waals surface area contributed by atoms with Crippen molar-refractivity contribution < 1.29 is 24.6 Å². The predicted octanol–water partition coefficient (Wildman–Crippen LogP) is 0.327. The van der Waals surface area contributed by atoms with Gasteiger partial charge in [0.2, 0.25) is 11.8 Å². The number of aliphatic hydroxyl groups excluding tert-OH is 1. The molecule has 0 aliphatic rings. The van der Waals surface area contributed by atoms with Gasteiger partial charge in [0, 0.05) is 23.5 Å². The summed E-state index contributed by atoms with van der Waals surface area (Å²) in [6.45, 7) is -0.699. The van der Waals surface area contributed by atoms with Crippen LogP contribution in [0.4, 0.5) is 0 Å². The predicted molar refractivity (Wildman–Crippen MR) is 119 cm³/mol. The van der Waals surface area contributed by atoms with Gasteiger partial charge in [0.1, 0.15) is 12.1 Å². The second kappa shape index (κ2) is 10.6. The van der Waals surface area contributed by atoms with Gasteiger partial charge in [-0.1, -0.05) is 48.5 Å². The Morgan fingerprint density at radius 2 is 1.56 bits per heavy atom. The van der Waals surface area contributed by atoms with Crippen LogP contribution in [0.2, 0.25) is 0 Å². The quantitative estimate of drug-likeness (QED) is 0.268. The third-order valence-corrected chi connectivity index (χ3v) is 5.16. The van der Waals surface area contributed by atoms with Crippen LogP contribution in [0, 0.1) is 0 Å². The third kappa shape index (κ3) is 5.71. The van der Waals surface area contributed by atoms with Crippen molar-refractivity contribution in [2.45, 2.75) is 31.0 Å². The molecule has 0 radical (unpaired) electrons. The number of hydrogen-bond donors (Lipinski definition) is 6. The van der Waals surface area contributed by atoms with Crippen molar-refractivity contribution in [1.29, 1.82) is 0 Å². The van der Waals surface area contributed by atoms with Gasteiger partial charge in [0.25, 0.3) is 0 Å². The van der Waals surface area contributed by atoms with Crippen molar-refractivity contribution in [1.82, 2.24) is 15.6 Å². The lowest BCUT2D eigenvalue weighted by Crippen LogP contribution is -2.56. The molecular formula is C23H26N4O5. The minimum atomic E-state index is -1.32. The molecule has 0 aliphatic heterocycles. The van der Waals surface area contributed by atoms with Crippen LogP contribution in [0.1, 0.15) is 11.1 Å². The highest BCUT2D eigenvalue weighted by molar-refractivity contribution is 5.92. The summed E-state index contributed by atoms with van der Waals surface area (Å²) < 4.78 is 0. The summed E-state index contributed by atoms with van der Waals surface area (Å²) in [6.07, 6.45) is 1.98. The van der Waals surface area contributed by atoms with E-state index in [1.165, 1.54) is 0 Å². The Hall–Kier alpha value is -3.69. The lowest BCUT2D eigenvalue weighted by Gasteiger charge is -2.21. The van der Waals surface area contributed by atoms with E-state index in [0.717, 1.165) is 22.0 Å². The Kier molecular flexibility index (Phi) is 7.58. The van der Waals surface area contributed by atoms with E-state index in [9.17, 15) is 24.6 Å². The van der Waals surface area contributed by atoms with Gasteiger partial charge in [-0.05, 0) is 23.6 Å². The average molecular weight is 438 g/mol. The van der Waals surface area contributed by atoms with Crippen LogP contribution in [0.15, 0.2) is 60.8 Å². The van der Waals surface area contributed by atoms with E-state index in [0.29, 0.717) is 0 Å². The number of hydrogen-bond acceptors (Lipinski definition) is 5. The van der Waals surface area contributed by atoms with E-state index in [1.807, 2.05) is 54.6 Å². The average Bonchev–Trinajstić information content (AvgIpc) is 3.20. The second-order valence-electron chi connectivity index (χ2n) is 7.50. The zero-order chi connectivity index (χ0) is 23.1. The normalized spacial score (nSPS) is 13.8. The monoisotopic (exact) mass is 438 g/mol. The molecular weight excluding hydrogens is 412 g/mol. The van der Waals surface area contributed by atoms with E-state index in [2.05, 4.69) is 15.6 Å². The molecule has 3 unspecified atom stereocenters. The molecule has 0 saturated carbocycles. The molecule has 0 aliphatic carbocycles. The van der Waals surface area contributed by atoms with Crippen LogP contribution in [0.5, 0.6) is 0 Å². The molecule has 2 aromatic carbocycles. The first-order valence-corrected chi connectivity index (χ1v) is 10.2. The molecule has 1 heterocycles. The Labute approximate surface area is 184 Å². The number of benzene rings is 2. The lowest BCUT2D eigenvalue weighted by atomic mass is 10.0. The summed E-state index contributed by atoms with van der Waals surface area (Å²) >= 11 is 0. The standard InChI is InChI=1S/C23H26N4O5/c24-17(10-14-6-2-1-3-7-14)21(29)27-20(13-28)22(30)26-19(23(31)32)11-15-12-25-18-9-5-4-8-16(15)18/h1-9,12,17,19-20,25,28H,10-11,13,24H2,(H,26,30)(H,27,29)(H,31,32). The van der Waals surface area contributed by atoms with Crippen molar-refractivity contribution in [3.63, 3.8) is 0 Å². The van der Waals surface area contributed by atoms with Crippen LogP contribution in [-0.4, -0.2) is 57.7 Å². The summed E-state index contributed by atoms with van der Waals surface area (Å²) in [7, 11) is 0. The highest BCUT2D eigenvalue weighted by Gasteiger charge is 2.28. The molecule has 0 fully saturated rings. The van der Waals surface area contributed by atoms with E-state index < -0.39 is 42.5 Å². The molecule has 0 spiro atoms. The smallest absolute Gasteiger partial charge is 0.326 e. The van der Waals surface area contributed by atoms with Gasteiger partial charge in [-0.3, -0.25) is 9.59 Å². The molecule has 1 aromatic heterocycles. The number of aromatic amines is 1. The summed E-state index contributed by atoms with van der Waals surface area (Å²) in [5.74, 6) is -2.65. The topological polar surface area (TPSA) is 158 Å². The molecule has 2 amide bonds. The molecule has 32 heavy (non-hydrogen) atoms. The van der Waals surface area contributed by atoms with Gasteiger partial charge in [-0.25, -0.2) is 4.79 Å². The highest BCUT2D eigenvalue weighted by Crippen LogP contribution is 2.19. The van der Waals surface area contributed by atoms with Crippen LogP contribution in [-0.2, 0) is 27.2 Å². The number of carboxylic acids is 1. The summed E-state index contributed by atoms with van der Waals surface area (Å²) in [5, 5.41) is 24.8. The van der Waals surface area contributed by atoms with Crippen molar-refractivity contribution in [2.24, 2.45) is 5.73 Å². The number of fused-ring (bicyclic) bond motifs is 1. The number of aliphatic carboxylic acids is 1. The Balaban J connectivity index is 1.62. The summed E-state index contributed by atoms with van der Waals surface area (Å²) in [5.41, 5.74) is 8.35. The number of carbonyl (C=O) groups is 3. The Bertz CT molecular complexity index is 1080. The first-order chi connectivity index (χ1) is 15.4. The molecule has 9 heteroatoms. The maximum atomic E-state index is 12.6. The second-order valence-corrected chi connectivity index (χ2v) is 7.50. The van der Waals surface area contributed by atoms with E-state index in [-0.39, 0.29) is 12.8 Å². The molecule has 3 rings (SSSR count). The fourth-order valence-electron chi connectivity index (χ4n) is 3.43. The van der Waals surface area contributed by atoms with Crippen LogP contribution >= 0.6 is 0 Å². The summed E-state index contributed by atoms with van der Waals surface area (Å²) in [4.78, 5) is 39.8. The number of aromatic nitrogens is 1. The molecule has 0 bridgehead atoms. The number of para-hydroxylation sites is 1.